The van der Waals surface area contributed by atoms with E-state index in [1.54, 1.807) is 0 Å². The number of likely N-dealkylation sites (tertiary alicyclic amines) is 1. The van der Waals surface area contributed by atoms with Crippen LogP contribution < -0.4 is 5.32 Å². The average Bonchev–Trinajstić information content (AvgIpc) is 3.04. The van der Waals surface area contributed by atoms with Crippen molar-refractivity contribution in [2.24, 2.45) is 0 Å². The Hall–Kier alpha value is -1.63. The highest BCUT2D eigenvalue weighted by Crippen LogP contribution is 2.29. The zero-order valence-electron chi connectivity index (χ0n) is 15.5. The number of hydrogen-bond acceptors (Lipinski definition) is 5. The van der Waals surface area contributed by atoms with Crippen molar-refractivity contribution in [3.63, 3.8) is 0 Å². The smallest absolute Gasteiger partial charge is 0.407 e. The lowest BCUT2D eigenvalue weighted by molar-refractivity contribution is -0.00198. The maximum absolute atomic E-state index is 11.3. The molecule has 0 aliphatic carbocycles. The molecule has 4 rings (SSSR count). The third-order valence-electron chi connectivity index (χ3n) is 6.08. The SMILES string of the molecule is O=C1NCC2(CCN(CCN3CCN(Cc4ccccc4)CC3)CC2)O1. The van der Waals surface area contributed by atoms with Crippen LogP contribution in [0.1, 0.15) is 18.4 Å². The summed E-state index contributed by atoms with van der Waals surface area (Å²) in [6, 6.07) is 10.8. The second-order valence-corrected chi connectivity index (χ2v) is 7.87. The molecule has 3 aliphatic heterocycles. The van der Waals surface area contributed by atoms with Gasteiger partial charge in [-0.3, -0.25) is 9.80 Å². The van der Waals surface area contributed by atoms with Crippen LogP contribution in [0.2, 0.25) is 0 Å². The first-order chi connectivity index (χ1) is 12.7. The van der Waals surface area contributed by atoms with E-state index < -0.39 is 0 Å². The molecule has 0 saturated carbocycles. The predicted molar refractivity (Wildman–Crippen MR) is 101 cm³/mol. The molecule has 26 heavy (non-hydrogen) atoms. The van der Waals surface area contributed by atoms with Crippen LogP contribution >= 0.6 is 0 Å². The predicted octanol–water partition coefficient (Wildman–Crippen LogP) is 1.38. The van der Waals surface area contributed by atoms with Gasteiger partial charge in [-0.05, 0) is 5.56 Å². The highest BCUT2D eigenvalue weighted by molar-refractivity contribution is 5.70. The lowest BCUT2D eigenvalue weighted by atomic mass is 9.92. The second-order valence-electron chi connectivity index (χ2n) is 7.87. The number of alkyl carbamates (subject to hydrolysis) is 1. The molecule has 1 aromatic rings. The molecule has 0 atom stereocenters. The van der Waals surface area contributed by atoms with Gasteiger partial charge in [-0.15, -0.1) is 0 Å². The fourth-order valence-electron chi connectivity index (χ4n) is 4.26. The van der Waals surface area contributed by atoms with Gasteiger partial charge in [0.15, 0.2) is 0 Å². The summed E-state index contributed by atoms with van der Waals surface area (Å²) in [4.78, 5) is 19.0. The Bertz CT molecular complexity index is 593. The minimum absolute atomic E-state index is 0.226. The number of amides is 1. The summed E-state index contributed by atoms with van der Waals surface area (Å²) in [6.07, 6.45) is 1.67. The van der Waals surface area contributed by atoms with Gasteiger partial charge in [0.05, 0.1) is 6.54 Å². The number of piperazine rings is 1. The topological polar surface area (TPSA) is 48.1 Å². The van der Waals surface area contributed by atoms with E-state index in [0.29, 0.717) is 6.54 Å². The van der Waals surface area contributed by atoms with Crippen molar-refractivity contribution in [3.05, 3.63) is 35.9 Å². The maximum atomic E-state index is 11.3. The number of ether oxygens (including phenoxy) is 1. The summed E-state index contributed by atoms with van der Waals surface area (Å²) in [5.41, 5.74) is 1.18. The first-order valence-corrected chi connectivity index (χ1v) is 9.89. The van der Waals surface area contributed by atoms with E-state index in [4.69, 9.17) is 4.74 Å². The van der Waals surface area contributed by atoms with E-state index in [0.717, 1.165) is 71.7 Å². The van der Waals surface area contributed by atoms with Crippen LogP contribution in [-0.2, 0) is 11.3 Å². The second kappa shape index (κ2) is 7.94. The summed E-state index contributed by atoms with van der Waals surface area (Å²) in [6.45, 7) is 10.7. The average molecular weight is 358 g/mol. The zero-order valence-corrected chi connectivity index (χ0v) is 15.5. The van der Waals surface area contributed by atoms with Crippen LogP contribution in [0.25, 0.3) is 0 Å². The Morgan fingerprint density at radius 1 is 0.885 bits per heavy atom. The lowest BCUT2D eigenvalue weighted by Crippen LogP contribution is -2.51. The van der Waals surface area contributed by atoms with Crippen LogP contribution in [0, 0.1) is 0 Å². The number of carbonyl (C=O) groups is 1. The Balaban J connectivity index is 1.14. The van der Waals surface area contributed by atoms with Gasteiger partial charge < -0.3 is 15.0 Å². The van der Waals surface area contributed by atoms with E-state index in [2.05, 4.69) is 50.3 Å². The molecule has 6 heteroatoms. The fraction of sp³-hybridized carbons (Fsp3) is 0.650. The van der Waals surface area contributed by atoms with E-state index in [-0.39, 0.29) is 11.7 Å². The Morgan fingerprint density at radius 3 is 2.12 bits per heavy atom. The van der Waals surface area contributed by atoms with Crippen LogP contribution in [0.4, 0.5) is 4.79 Å². The third kappa shape index (κ3) is 4.37. The standard InChI is InChI=1S/C20H30N4O2/c25-19-21-17-20(26-19)6-8-22(9-7-20)10-11-23-12-14-24(15-13-23)16-18-4-2-1-3-5-18/h1-5H,6-17H2,(H,21,25). The number of rotatable bonds is 5. The molecule has 3 aliphatic rings. The molecule has 3 heterocycles. The molecule has 0 radical (unpaired) electrons. The van der Waals surface area contributed by atoms with Crippen LogP contribution in [0.5, 0.6) is 0 Å². The molecule has 1 amide bonds. The highest BCUT2D eigenvalue weighted by Gasteiger charge is 2.42. The minimum Gasteiger partial charge on any atom is -0.441 e. The normalized spacial score (nSPS) is 24.5. The quantitative estimate of drug-likeness (QED) is 0.862. The molecule has 0 unspecified atom stereocenters. The number of carbonyl (C=O) groups excluding carboxylic acids is 1. The van der Waals surface area contributed by atoms with Crippen molar-refractivity contribution >= 4 is 6.09 Å². The van der Waals surface area contributed by atoms with Gasteiger partial charge in [0, 0.05) is 71.7 Å². The van der Waals surface area contributed by atoms with Gasteiger partial charge in [0.25, 0.3) is 0 Å². The molecule has 0 aromatic heterocycles. The molecule has 1 aromatic carbocycles. The van der Waals surface area contributed by atoms with Crippen LogP contribution in [-0.4, -0.2) is 85.3 Å². The van der Waals surface area contributed by atoms with Gasteiger partial charge in [-0.1, -0.05) is 30.3 Å². The molecule has 142 valence electrons. The molecule has 3 fully saturated rings. The zero-order chi connectivity index (χ0) is 17.8. The van der Waals surface area contributed by atoms with Gasteiger partial charge in [0.2, 0.25) is 0 Å². The van der Waals surface area contributed by atoms with Crippen molar-refractivity contribution in [1.29, 1.82) is 0 Å². The lowest BCUT2D eigenvalue weighted by Gasteiger charge is -2.39. The van der Waals surface area contributed by atoms with E-state index in [1.165, 1.54) is 5.56 Å². The van der Waals surface area contributed by atoms with Crippen molar-refractivity contribution in [1.82, 2.24) is 20.0 Å². The minimum atomic E-state index is -0.244. The van der Waals surface area contributed by atoms with Crippen molar-refractivity contribution in [3.8, 4) is 0 Å². The number of nitrogens with one attached hydrogen (secondary N) is 1. The van der Waals surface area contributed by atoms with Gasteiger partial charge in [-0.2, -0.15) is 0 Å². The van der Waals surface area contributed by atoms with Gasteiger partial charge in [-0.25, -0.2) is 4.79 Å². The first kappa shape index (κ1) is 17.8. The Morgan fingerprint density at radius 2 is 1.50 bits per heavy atom. The summed E-state index contributed by atoms with van der Waals surface area (Å²) < 4.78 is 5.50. The first-order valence-electron chi connectivity index (χ1n) is 9.89. The Labute approximate surface area is 156 Å². The summed E-state index contributed by atoms with van der Waals surface area (Å²) in [7, 11) is 0. The molecule has 0 bridgehead atoms. The molecule has 3 saturated heterocycles. The van der Waals surface area contributed by atoms with E-state index in [1.807, 2.05) is 0 Å². The highest BCUT2D eigenvalue weighted by atomic mass is 16.6. The van der Waals surface area contributed by atoms with Crippen molar-refractivity contribution < 1.29 is 9.53 Å². The molecule has 1 N–H and O–H groups in total. The fourth-order valence-corrected chi connectivity index (χ4v) is 4.26. The summed E-state index contributed by atoms with van der Waals surface area (Å²) >= 11 is 0. The van der Waals surface area contributed by atoms with Gasteiger partial charge in [0.1, 0.15) is 5.60 Å². The van der Waals surface area contributed by atoms with Gasteiger partial charge >= 0.3 is 6.09 Å². The van der Waals surface area contributed by atoms with Crippen molar-refractivity contribution in [2.45, 2.75) is 25.0 Å². The largest absolute Gasteiger partial charge is 0.441 e. The van der Waals surface area contributed by atoms with Crippen LogP contribution in [0.3, 0.4) is 0 Å². The molecule has 1 spiro atoms. The summed E-state index contributed by atoms with van der Waals surface area (Å²) in [5, 5.41) is 2.81. The van der Waals surface area contributed by atoms with Crippen molar-refractivity contribution in [2.75, 3.05) is 58.9 Å². The molecular weight excluding hydrogens is 328 g/mol. The monoisotopic (exact) mass is 358 g/mol. The van der Waals surface area contributed by atoms with E-state index in [9.17, 15) is 4.79 Å². The number of benzene rings is 1. The molecule has 6 nitrogen and oxygen atoms in total. The molecular formula is C20H30N4O2. The van der Waals surface area contributed by atoms with Crippen LogP contribution in [0.15, 0.2) is 30.3 Å². The van der Waals surface area contributed by atoms with E-state index >= 15 is 0 Å². The third-order valence-corrected chi connectivity index (χ3v) is 6.08. The number of hydrogen-bond donors (Lipinski definition) is 1. The maximum Gasteiger partial charge on any atom is 0.407 e. The number of nitrogens with zero attached hydrogens (tertiary/aromatic N) is 3. The number of piperidine rings is 1. The Kier molecular flexibility index (Phi) is 5.43. The summed E-state index contributed by atoms with van der Waals surface area (Å²) in [5.74, 6) is 0.